The molecule has 0 aliphatic carbocycles. The third kappa shape index (κ3) is 4.61. The van der Waals surface area contributed by atoms with Gasteiger partial charge in [0.2, 0.25) is 0 Å². The van der Waals surface area contributed by atoms with Gasteiger partial charge in [-0.15, -0.1) is 11.5 Å². The molecule has 17 heavy (non-hydrogen) atoms. The Morgan fingerprint density at radius 3 is 2.41 bits per heavy atom. The predicted molar refractivity (Wildman–Crippen MR) is 66.6 cm³/mol. The normalized spacial score (nSPS) is 7.71. The van der Waals surface area contributed by atoms with Crippen molar-refractivity contribution in [3.8, 4) is 0 Å². The average molecular weight is 572 g/mol. The van der Waals surface area contributed by atoms with Gasteiger partial charge in [0.25, 0.3) is 0 Å². The standard InChI is InChI=1S/C10H8N2.C2H6.CH4.Rf.Rh/c1-7-4-5-12-10-3-2-8(11)6-9(7)10;1-2;;;/h2,5-6H,11H2,1H3;1-2H3;1H4;;/q-2;;;;. The molecule has 4 heteroatoms. The Hall–Kier alpha value is -1.95. The fourth-order valence-electron chi connectivity index (χ4n) is 1.17. The minimum atomic E-state index is 0. The van der Waals surface area contributed by atoms with E-state index in [1.807, 2.05) is 26.8 Å². The van der Waals surface area contributed by atoms with E-state index in [0.717, 1.165) is 16.5 Å². The molecule has 2 rings (SSSR count). The van der Waals surface area contributed by atoms with Gasteiger partial charge in [-0.05, 0) is 5.52 Å². The van der Waals surface area contributed by atoms with Gasteiger partial charge in [-0.2, -0.15) is 17.7 Å². The predicted octanol–water partition coefficient (Wildman–Crippen LogP) is 3.39. The van der Waals surface area contributed by atoms with Gasteiger partial charge in [0, 0.05) is 19.5 Å². The topological polar surface area (TPSA) is 38.9 Å². The number of nitrogens with two attached hydrogens (primary N) is 1. The van der Waals surface area contributed by atoms with Crippen molar-refractivity contribution in [2.45, 2.75) is 28.2 Å². The number of hydrogen-bond acceptors (Lipinski definition) is 2. The van der Waals surface area contributed by atoms with Crippen LogP contribution in [0.5, 0.6) is 0 Å². The van der Waals surface area contributed by atoms with Crippen LogP contribution in [0, 0.1) is 19.1 Å². The van der Waals surface area contributed by atoms with E-state index >= 15 is 0 Å². The molecule has 1 radical (unpaired) electrons. The number of aromatic nitrogens is 1. The minimum absolute atomic E-state index is 0. The maximum atomic E-state index is 5.62. The molecule has 0 aliphatic heterocycles. The molecule has 2 N–H and O–H groups in total. The minimum Gasteiger partial charge on any atom is -0.449 e. The Kier molecular flexibility index (Phi) is 11.2. The summed E-state index contributed by atoms with van der Waals surface area (Å²) in [5, 5.41) is 1.03. The average Bonchev–Trinajstić information content (AvgIpc) is 2.22. The van der Waals surface area contributed by atoms with Crippen molar-refractivity contribution >= 4 is 16.6 Å². The van der Waals surface area contributed by atoms with E-state index < -0.39 is 0 Å². The zero-order chi connectivity index (χ0) is 10.6. The van der Waals surface area contributed by atoms with Crippen molar-refractivity contribution in [3.63, 3.8) is 0 Å². The quantitative estimate of drug-likeness (QED) is 0.299. The van der Waals surface area contributed by atoms with E-state index in [9.17, 15) is 0 Å². The van der Waals surface area contributed by atoms with E-state index in [4.69, 9.17) is 5.73 Å². The number of rotatable bonds is 0. The third-order valence-corrected chi connectivity index (χ3v) is 1.82. The Morgan fingerprint density at radius 1 is 1.24 bits per heavy atom. The van der Waals surface area contributed by atoms with Gasteiger partial charge in [-0.1, -0.05) is 40.1 Å². The first-order chi connectivity index (χ1) is 6.77. The van der Waals surface area contributed by atoms with Crippen LogP contribution in [0.1, 0.15) is 26.8 Å². The molecular formula is C13H18N2RfRh-2. The smallest absolute Gasteiger partial charge is 0 e. The monoisotopic (exact) mass is 572 g/mol. The Balaban J connectivity index is -0.000000373. The SMILES string of the molecule is C.CC.Cc1[c-]cnc2[c-]cc(N)cc12.[Rf].[Rh]. The third-order valence-electron chi connectivity index (χ3n) is 1.82. The van der Waals surface area contributed by atoms with E-state index in [-0.39, 0.29) is 26.9 Å². The first-order valence-electron chi connectivity index (χ1n) is 4.71. The van der Waals surface area contributed by atoms with Crippen LogP contribution in [0.15, 0.2) is 18.3 Å². The number of hydrogen-bond donors (Lipinski definition) is 1. The maximum absolute atomic E-state index is 5.62. The molecule has 0 amide bonds. The van der Waals surface area contributed by atoms with Gasteiger partial charge in [0.1, 0.15) is 0 Å². The molecule has 0 saturated carbocycles. The van der Waals surface area contributed by atoms with Crippen molar-refractivity contribution in [1.29, 1.82) is 0 Å². The van der Waals surface area contributed by atoms with Crippen molar-refractivity contribution in [1.82, 2.24) is 4.98 Å². The molecule has 0 unspecified atom stereocenters. The van der Waals surface area contributed by atoms with Gasteiger partial charge in [0.05, 0.1) is 0 Å². The number of fused-ring (bicyclic) bond motifs is 1. The van der Waals surface area contributed by atoms with Crippen LogP contribution in [0.3, 0.4) is 0 Å². The molecule has 93 valence electrons. The summed E-state index contributed by atoms with van der Waals surface area (Å²) in [6.45, 7) is 5.98. The van der Waals surface area contributed by atoms with E-state index in [1.54, 1.807) is 12.3 Å². The molecule has 1 heterocycles. The van der Waals surface area contributed by atoms with Gasteiger partial charge in [0.15, 0.2) is 0 Å². The number of pyridine rings is 1. The van der Waals surface area contributed by atoms with Crippen LogP contribution < -0.4 is 5.73 Å². The number of benzene rings is 1. The van der Waals surface area contributed by atoms with E-state index in [0.29, 0.717) is 5.69 Å². The summed E-state index contributed by atoms with van der Waals surface area (Å²) in [6, 6.07) is 9.64. The molecule has 0 atom stereocenters. The number of aryl methyl sites for hydroxylation is 1. The number of anilines is 1. The Morgan fingerprint density at radius 2 is 1.82 bits per heavy atom. The largest absolute Gasteiger partial charge is 0.449 e. The molecule has 0 spiro atoms. The van der Waals surface area contributed by atoms with Gasteiger partial charge >= 0.3 is 0 Å². The van der Waals surface area contributed by atoms with Gasteiger partial charge in [-0.3, -0.25) is 0 Å². The Bertz CT molecular complexity index is 433. The second kappa shape index (κ2) is 9.29. The van der Waals surface area contributed by atoms with Crippen molar-refractivity contribution in [2.75, 3.05) is 5.73 Å². The van der Waals surface area contributed by atoms with Crippen LogP contribution in [0.2, 0.25) is 0 Å². The molecule has 0 aliphatic rings. The zero-order valence-corrected chi connectivity index (χ0v) is 17.8. The summed E-state index contributed by atoms with van der Waals surface area (Å²) < 4.78 is 0. The van der Waals surface area contributed by atoms with Crippen LogP contribution in [-0.4, -0.2) is 4.98 Å². The van der Waals surface area contributed by atoms with Crippen molar-refractivity contribution in [2.24, 2.45) is 0 Å². The molecule has 0 saturated heterocycles. The van der Waals surface area contributed by atoms with Crippen LogP contribution in [0.4, 0.5) is 5.69 Å². The molecule has 2 nitrogen and oxygen atoms in total. The summed E-state index contributed by atoms with van der Waals surface area (Å²) in [4.78, 5) is 4.12. The fraction of sp³-hybridized carbons (Fsp3) is 0.308. The second-order valence-electron chi connectivity index (χ2n) is 2.72. The Labute approximate surface area is 111 Å². The molecule has 1 aromatic heterocycles. The van der Waals surface area contributed by atoms with Crippen molar-refractivity contribution < 1.29 is 19.5 Å². The first kappa shape index (κ1) is 20.5. The maximum Gasteiger partial charge on any atom is 0 e. The van der Waals surface area contributed by atoms with Crippen molar-refractivity contribution in [3.05, 3.63) is 36.0 Å². The number of nitrogen functional groups attached to an aromatic ring is 1. The summed E-state index contributed by atoms with van der Waals surface area (Å²) >= 11 is 0. The first-order valence-corrected chi connectivity index (χ1v) is 4.71. The fourth-order valence-corrected chi connectivity index (χ4v) is 1.17. The van der Waals surface area contributed by atoms with Crippen LogP contribution >= 0.6 is 0 Å². The molecule has 2 aromatic rings. The summed E-state index contributed by atoms with van der Waals surface area (Å²) in [5.41, 5.74) is 8.24. The zero-order valence-electron chi connectivity index (χ0n) is 9.80. The van der Waals surface area contributed by atoms with Gasteiger partial charge in [-0.25, -0.2) is 6.07 Å². The molecular weight excluding hydrogens is 554 g/mol. The molecule has 0 bridgehead atoms. The van der Waals surface area contributed by atoms with E-state index in [2.05, 4.69) is 17.1 Å². The molecule has 1 aromatic carbocycles. The second-order valence-corrected chi connectivity index (χ2v) is 2.72. The number of nitrogens with zero attached hydrogens (tertiary/aromatic N) is 1. The van der Waals surface area contributed by atoms with Crippen LogP contribution in [0.25, 0.3) is 10.9 Å². The van der Waals surface area contributed by atoms with E-state index in [1.165, 1.54) is 0 Å². The summed E-state index contributed by atoms with van der Waals surface area (Å²) in [5.74, 6) is 0. The van der Waals surface area contributed by atoms with Crippen LogP contribution in [-0.2, 0) is 19.5 Å². The summed E-state index contributed by atoms with van der Waals surface area (Å²) in [7, 11) is 0. The summed E-state index contributed by atoms with van der Waals surface area (Å²) in [6.07, 6.45) is 1.66. The molecule has 0 fully saturated rings. The van der Waals surface area contributed by atoms with Gasteiger partial charge < -0.3 is 10.7 Å².